The Bertz CT molecular complexity index is 924. The molecule has 3 aromatic rings. The Kier molecular flexibility index (Phi) is 5.88. The first-order chi connectivity index (χ1) is 13.1. The Labute approximate surface area is 155 Å². The number of hydrogen-bond acceptors (Lipinski definition) is 7. The minimum atomic E-state index is -0.281. The van der Waals surface area contributed by atoms with E-state index >= 15 is 0 Å². The Morgan fingerprint density at radius 2 is 2.07 bits per heavy atom. The van der Waals surface area contributed by atoms with Gasteiger partial charge in [0, 0.05) is 24.7 Å². The molecule has 1 aromatic carbocycles. The highest BCUT2D eigenvalue weighted by Gasteiger charge is 2.10. The predicted octanol–water partition coefficient (Wildman–Crippen LogP) is 2.07. The SMILES string of the molecule is CC(=O)c1cccc(OCC(=O)NCCc2noc(-c3ccccn3)n2)c1. The van der Waals surface area contributed by atoms with Crippen LogP contribution in [-0.4, -0.2) is 40.0 Å². The lowest BCUT2D eigenvalue weighted by Gasteiger charge is -2.07. The summed E-state index contributed by atoms with van der Waals surface area (Å²) in [5.41, 5.74) is 1.13. The van der Waals surface area contributed by atoms with Crippen LogP contribution in [-0.2, 0) is 11.2 Å². The number of nitrogens with one attached hydrogen (secondary N) is 1. The average Bonchev–Trinajstić information content (AvgIpc) is 3.16. The van der Waals surface area contributed by atoms with Crippen molar-refractivity contribution in [2.24, 2.45) is 0 Å². The first-order valence-corrected chi connectivity index (χ1v) is 8.36. The molecule has 0 fully saturated rings. The minimum absolute atomic E-state index is 0.0601. The van der Waals surface area contributed by atoms with Crippen molar-refractivity contribution in [1.29, 1.82) is 0 Å². The minimum Gasteiger partial charge on any atom is -0.484 e. The van der Waals surface area contributed by atoms with Crippen molar-refractivity contribution in [2.45, 2.75) is 13.3 Å². The van der Waals surface area contributed by atoms with Crippen molar-refractivity contribution in [3.63, 3.8) is 0 Å². The third-order valence-corrected chi connectivity index (χ3v) is 3.63. The molecule has 0 atom stereocenters. The highest BCUT2D eigenvalue weighted by atomic mass is 16.5. The summed E-state index contributed by atoms with van der Waals surface area (Å²) in [5, 5.41) is 6.59. The monoisotopic (exact) mass is 366 g/mol. The highest BCUT2D eigenvalue weighted by molar-refractivity contribution is 5.94. The van der Waals surface area contributed by atoms with Crippen molar-refractivity contribution in [1.82, 2.24) is 20.4 Å². The first-order valence-electron chi connectivity index (χ1n) is 8.36. The fourth-order valence-corrected chi connectivity index (χ4v) is 2.27. The van der Waals surface area contributed by atoms with Crippen LogP contribution in [0.4, 0.5) is 0 Å². The van der Waals surface area contributed by atoms with Crippen molar-refractivity contribution in [3.05, 3.63) is 60.0 Å². The van der Waals surface area contributed by atoms with Crippen LogP contribution < -0.4 is 10.1 Å². The summed E-state index contributed by atoms with van der Waals surface area (Å²) in [6.07, 6.45) is 2.06. The summed E-state index contributed by atoms with van der Waals surface area (Å²) in [7, 11) is 0. The molecule has 0 aliphatic carbocycles. The molecule has 3 rings (SSSR count). The predicted molar refractivity (Wildman–Crippen MR) is 96.2 cm³/mol. The Hall–Kier alpha value is -3.55. The van der Waals surface area contributed by atoms with E-state index in [1.807, 2.05) is 6.07 Å². The smallest absolute Gasteiger partial charge is 0.276 e. The van der Waals surface area contributed by atoms with E-state index in [2.05, 4.69) is 20.4 Å². The summed E-state index contributed by atoms with van der Waals surface area (Å²) in [5.74, 6) is 0.944. The number of carbonyl (C=O) groups excluding carboxylic acids is 2. The van der Waals surface area contributed by atoms with E-state index in [0.717, 1.165) is 0 Å². The molecule has 8 heteroatoms. The maximum atomic E-state index is 11.9. The van der Waals surface area contributed by atoms with Gasteiger partial charge < -0.3 is 14.6 Å². The van der Waals surface area contributed by atoms with E-state index in [0.29, 0.717) is 41.7 Å². The van der Waals surface area contributed by atoms with Gasteiger partial charge in [0.15, 0.2) is 18.2 Å². The standard InChI is InChI=1S/C19H18N4O4/c1-13(24)14-5-4-6-15(11-14)26-12-18(25)21-10-8-17-22-19(27-23-17)16-7-2-3-9-20-16/h2-7,9,11H,8,10,12H2,1H3,(H,21,25). The van der Waals surface area contributed by atoms with Crippen LogP contribution in [0.25, 0.3) is 11.6 Å². The van der Waals surface area contributed by atoms with Crippen LogP contribution >= 0.6 is 0 Å². The lowest BCUT2D eigenvalue weighted by molar-refractivity contribution is -0.123. The van der Waals surface area contributed by atoms with E-state index in [-0.39, 0.29) is 18.3 Å². The zero-order valence-electron chi connectivity index (χ0n) is 14.7. The van der Waals surface area contributed by atoms with Crippen LogP contribution in [0.3, 0.4) is 0 Å². The van der Waals surface area contributed by atoms with Crippen LogP contribution in [0, 0.1) is 0 Å². The Morgan fingerprint density at radius 1 is 1.19 bits per heavy atom. The van der Waals surface area contributed by atoms with Gasteiger partial charge in [0.1, 0.15) is 11.4 Å². The molecule has 0 saturated carbocycles. The number of hydrogen-bond donors (Lipinski definition) is 1. The summed E-state index contributed by atoms with van der Waals surface area (Å²) in [6.45, 7) is 1.67. The van der Waals surface area contributed by atoms with Crippen LogP contribution in [0.1, 0.15) is 23.1 Å². The van der Waals surface area contributed by atoms with Gasteiger partial charge in [0.05, 0.1) is 0 Å². The number of pyridine rings is 1. The molecule has 0 unspecified atom stereocenters. The number of benzene rings is 1. The number of ketones is 1. The lowest BCUT2D eigenvalue weighted by Crippen LogP contribution is -2.30. The molecule has 2 heterocycles. The molecule has 8 nitrogen and oxygen atoms in total. The summed E-state index contributed by atoms with van der Waals surface area (Å²) in [6, 6.07) is 12.1. The molecule has 0 radical (unpaired) electrons. The molecule has 0 spiro atoms. The molecule has 2 aromatic heterocycles. The fraction of sp³-hybridized carbons (Fsp3) is 0.211. The Balaban J connectivity index is 1.43. The van der Waals surface area contributed by atoms with Crippen LogP contribution in [0.2, 0.25) is 0 Å². The maximum Gasteiger partial charge on any atom is 0.276 e. The van der Waals surface area contributed by atoms with Crippen LogP contribution in [0.15, 0.2) is 53.2 Å². The van der Waals surface area contributed by atoms with Gasteiger partial charge in [-0.3, -0.25) is 14.6 Å². The number of Topliss-reactive ketones (excluding diaryl/α,β-unsaturated/α-hetero) is 1. The fourth-order valence-electron chi connectivity index (χ4n) is 2.27. The molecule has 138 valence electrons. The van der Waals surface area contributed by atoms with Crippen molar-refractivity contribution >= 4 is 11.7 Å². The second-order valence-electron chi connectivity index (χ2n) is 5.70. The molecule has 27 heavy (non-hydrogen) atoms. The number of nitrogens with zero attached hydrogens (tertiary/aromatic N) is 3. The zero-order valence-corrected chi connectivity index (χ0v) is 14.7. The molecular formula is C19H18N4O4. The highest BCUT2D eigenvalue weighted by Crippen LogP contribution is 2.14. The Morgan fingerprint density at radius 3 is 2.85 bits per heavy atom. The topological polar surface area (TPSA) is 107 Å². The summed E-state index contributed by atoms with van der Waals surface area (Å²) < 4.78 is 10.6. The lowest BCUT2D eigenvalue weighted by atomic mass is 10.1. The van der Waals surface area contributed by atoms with Gasteiger partial charge in [-0.25, -0.2) is 0 Å². The second-order valence-corrected chi connectivity index (χ2v) is 5.70. The number of carbonyl (C=O) groups is 2. The number of aromatic nitrogens is 3. The normalized spacial score (nSPS) is 10.4. The van der Waals surface area contributed by atoms with Crippen molar-refractivity contribution < 1.29 is 18.8 Å². The number of ether oxygens (including phenoxy) is 1. The third-order valence-electron chi connectivity index (χ3n) is 3.63. The van der Waals surface area contributed by atoms with Gasteiger partial charge >= 0.3 is 0 Å². The molecule has 0 saturated heterocycles. The van der Waals surface area contributed by atoms with Gasteiger partial charge in [0.2, 0.25) is 0 Å². The number of amides is 1. The largest absolute Gasteiger partial charge is 0.484 e. The van der Waals surface area contributed by atoms with Crippen LogP contribution in [0.5, 0.6) is 5.75 Å². The van der Waals surface area contributed by atoms with Gasteiger partial charge in [-0.05, 0) is 31.2 Å². The van der Waals surface area contributed by atoms with Gasteiger partial charge in [0.25, 0.3) is 11.8 Å². The average molecular weight is 366 g/mol. The quantitative estimate of drug-likeness (QED) is 0.608. The van der Waals surface area contributed by atoms with Gasteiger partial charge in [-0.2, -0.15) is 4.98 Å². The first kappa shape index (κ1) is 18.2. The van der Waals surface area contributed by atoms with E-state index in [4.69, 9.17) is 9.26 Å². The molecule has 1 amide bonds. The molecule has 0 aliphatic rings. The molecule has 0 aliphatic heterocycles. The van der Waals surface area contributed by atoms with Crippen molar-refractivity contribution in [2.75, 3.05) is 13.2 Å². The van der Waals surface area contributed by atoms with E-state index in [9.17, 15) is 9.59 Å². The zero-order chi connectivity index (χ0) is 19.1. The summed E-state index contributed by atoms with van der Waals surface area (Å²) in [4.78, 5) is 31.6. The van der Waals surface area contributed by atoms with E-state index in [1.54, 1.807) is 42.6 Å². The van der Waals surface area contributed by atoms with Gasteiger partial charge in [-0.1, -0.05) is 23.4 Å². The molecule has 1 N–H and O–H groups in total. The van der Waals surface area contributed by atoms with Crippen molar-refractivity contribution in [3.8, 4) is 17.3 Å². The second kappa shape index (κ2) is 8.70. The maximum absolute atomic E-state index is 11.9. The van der Waals surface area contributed by atoms with E-state index < -0.39 is 0 Å². The molecule has 0 bridgehead atoms. The van der Waals surface area contributed by atoms with E-state index in [1.165, 1.54) is 6.92 Å². The third kappa shape index (κ3) is 5.21. The summed E-state index contributed by atoms with van der Waals surface area (Å²) >= 11 is 0. The van der Waals surface area contributed by atoms with Gasteiger partial charge in [-0.15, -0.1) is 0 Å². The molecular weight excluding hydrogens is 348 g/mol. The number of rotatable bonds is 8.